The van der Waals surface area contributed by atoms with Gasteiger partial charge < -0.3 is 0 Å². The number of hydrazone groups is 1. The van der Waals surface area contributed by atoms with Gasteiger partial charge in [-0.1, -0.05) is 17.7 Å². The first-order chi connectivity index (χ1) is 8.25. The van der Waals surface area contributed by atoms with Gasteiger partial charge in [-0.3, -0.25) is 10.4 Å². The van der Waals surface area contributed by atoms with Gasteiger partial charge in [0, 0.05) is 18.0 Å². The molecule has 0 saturated heterocycles. The van der Waals surface area contributed by atoms with Crippen LogP contribution < -0.4 is 5.43 Å². The summed E-state index contributed by atoms with van der Waals surface area (Å²) in [6.07, 6.45) is 3.53. The van der Waals surface area contributed by atoms with Crippen molar-refractivity contribution in [3.05, 3.63) is 59.9 Å². The van der Waals surface area contributed by atoms with E-state index in [9.17, 15) is 0 Å². The molecule has 0 aliphatic carbocycles. The van der Waals surface area contributed by atoms with Gasteiger partial charge in [-0.05, 0) is 38.1 Å². The van der Waals surface area contributed by atoms with E-state index in [1.807, 2.05) is 31.2 Å². The normalized spacial score (nSPS) is 11.3. The quantitative estimate of drug-likeness (QED) is 0.643. The molecule has 86 valence electrons. The Balaban J connectivity index is 2.08. The Morgan fingerprint density at radius 2 is 1.71 bits per heavy atom. The van der Waals surface area contributed by atoms with Gasteiger partial charge in [0.05, 0.1) is 11.4 Å². The average molecular weight is 225 g/mol. The van der Waals surface area contributed by atoms with E-state index in [1.54, 1.807) is 12.4 Å². The van der Waals surface area contributed by atoms with E-state index in [2.05, 4.69) is 34.6 Å². The molecule has 0 fully saturated rings. The fourth-order valence-electron chi connectivity index (χ4n) is 1.43. The van der Waals surface area contributed by atoms with E-state index >= 15 is 0 Å². The molecule has 0 bridgehead atoms. The summed E-state index contributed by atoms with van der Waals surface area (Å²) in [5.74, 6) is 0. The summed E-state index contributed by atoms with van der Waals surface area (Å²) < 4.78 is 0. The zero-order valence-corrected chi connectivity index (χ0v) is 10.0. The number of pyridine rings is 1. The van der Waals surface area contributed by atoms with Crippen molar-refractivity contribution in [2.75, 3.05) is 5.43 Å². The van der Waals surface area contributed by atoms with E-state index in [1.165, 1.54) is 5.56 Å². The van der Waals surface area contributed by atoms with Gasteiger partial charge in [-0.25, -0.2) is 0 Å². The molecule has 0 aliphatic rings. The van der Waals surface area contributed by atoms with E-state index < -0.39 is 0 Å². The van der Waals surface area contributed by atoms with Crippen LogP contribution in [0.1, 0.15) is 18.1 Å². The highest BCUT2D eigenvalue weighted by Crippen LogP contribution is 2.09. The summed E-state index contributed by atoms with van der Waals surface area (Å²) in [5.41, 5.74) is 7.28. The van der Waals surface area contributed by atoms with Gasteiger partial charge in [0.25, 0.3) is 0 Å². The SMILES string of the molecule is CC(=NNc1ccc(C)cc1)c1ccncc1. The monoisotopic (exact) mass is 225 g/mol. The lowest BCUT2D eigenvalue weighted by Gasteiger charge is -2.03. The Morgan fingerprint density at radius 1 is 1.06 bits per heavy atom. The molecule has 0 saturated carbocycles. The molecule has 0 unspecified atom stereocenters. The topological polar surface area (TPSA) is 37.3 Å². The summed E-state index contributed by atoms with van der Waals surface area (Å²) in [4.78, 5) is 3.98. The molecule has 3 nitrogen and oxygen atoms in total. The third-order valence-electron chi connectivity index (χ3n) is 2.50. The van der Waals surface area contributed by atoms with Crippen LogP contribution in [0.2, 0.25) is 0 Å². The van der Waals surface area contributed by atoms with E-state index in [4.69, 9.17) is 0 Å². The van der Waals surface area contributed by atoms with Crippen LogP contribution in [0, 0.1) is 6.92 Å². The molecule has 0 atom stereocenters. The van der Waals surface area contributed by atoms with Crippen molar-refractivity contribution in [1.29, 1.82) is 0 Å². The van der Waals surface area contributed by atoms with Crippen LogP contribution in [0.15, 0.2) is 53.9 Å². The van der Waals surface area contributed by atoms with Gasteiger partial charge >= 0.3 is 0 Å². The summed E-state index contributed by atoms with van der Waals surface area (Å²) in [5, 5.41) is 4.33. The predicted octanol–water partition coefficient (Wildman–Crippen LogP) is 3.23. The molecule has 0 aliphatic heterocycles. The number of benzene rings is 1. The minimum atomic E-state index is 0.938. The molecule has 1 heterocycles. The van der Waals surface area contributed by atoms with Crippen molar-refractivity contribution in [2.24, 2.45) is 5.10 Å². The molecule has 1 aromatic heterocycles. The first-order valence-electron chi connectivity index (χ1n) is 5.53. The minimum Gasteiger partial charge on any atom is -0.278 e. The number of anilines is 1. The second kappa shape index (κ2) is 5.25. The van der Waals surface area contributed by atoms with Crippen molar-refractivity contribution in [3.8, 4) is 0 Å². The summed E-state index contributed by atoms with van der Waals surface area (Å²) in [7, 11) is 0. The van der Waals surface area contributed by atoms with Gasteiger partial charge in [-0.2, -0.15) is 5.10 Å². The zero-order chi connectivity index (χ0) is 12.1. The number of hydrogen-bond acceptors (Lipinski definition) is 3. The van der Waals surface area contributed by atoms with E-state index in [0.717, 1.165) is 17.0 Å². The van der Waals surface area contributed by atoms with Gasteiger partial charge in [0.2, 0.25) is 0 Å². The van der Waals surface area contributed by atoms with Crippen LogP contribution >= 0.6 is 0 Å². The van der Waals surface area contributed by atoms with Crippen molar-refractivity contribution < 1.29 is 0 Å². The maximum Gasteiger partial charge on any atom is 0.0649 e. The maximum atomic E-state index is 4.33. The molecule has 0 spiro atoms. The average Bonchev–Trinajstić information content (AvgIpc) is 2.39. The Hall–Kier alpha value is -2.16. The van der Waals surface area contributed by atoms with Crippen LogP contribution in [0.3, 0.4) is 0 Å². The van der Waals surface area contributed by atoms with Crippen LogP contribution in [-0.4, -0.2) is 10.7 Å². The summed E-state index contributed by atoms with van der Waals surface area (Å²) in [6, 6.07) is 12.0. The maximum absolute atomic E-state index is 4.33. The Morgan fingerprint density at radius 3 is 2.35 bits per heavy atom. The molecule has 1 N–H and O–H groups in total. The standard InChI is InChI=1S/C14H15N3/c1-11-3-5-14(6-4-11)17-16-12(2)13-7-9-15-10-8-13/h3-10,17H,1-2H3. The second-order valence-corrected chi connectivity index (χ2v) is 3.91. The molecular formula is C14H15N3. The minimum absolute atomic E-state index is 0.938. The van der Waals surface area contributed by atoms with Crippen LogP contribution in [0.5, 0.6) is 0 Å². The molecule has 2 rings (SSSR count). The smallest absolute Gasteiger partial charge is 0.0649 e. The highest BCUT2D eigenvalue weighted by Gasteiger charge is 1.95. The Labute approximate surface area is 101 Å². The number of nitrogens with zero attached hydrogens (tertiary/aromatic N) is 2. The molecule has 0 radical (unpaired) electrons. The van der Waals surface area contributed by atoms with Crippen LogP contribution in [-0.2, 0) is 0 Å². The largest absolute Gasteiger partial charge is 0.278 e. The van der Waals surface area contributed by atoms with Crippen LogP contribution in [0.4, 0.5) is 5.69 Å². The highest BCUT2D eigenvalue weighted by molar-refractivity contribution is 5.98. The van der Waals surface area contributed by atoms with Gasteiger partial charge in [0.15, 0.2) is 0 Å². The van der Waals surface area contributed by atoms with E-state index in [0.29, 0.717) is 0 Å². The van der Waals surface area contributed by atoms with Crippen molar-refractivity contribution >= 4 is 11.4 Å². The third-order valence-corrected chi connectivity index (χ3v) is 2.50. The van der Waals surface area contributed by atoms with Crippen molar-refractivity contribution in [3.63, 3.8) is 0 Å². The highest BCUT2D eigenvalue weighted by atomic mass is 15.3. The molecular weight excluding hydrogens is 210 g/mol. The fraction of sp³-hybridized carbons (Fsp3) is 0.143. The number of nitrogens with one attached hydrogen (secondary N) is 1. The second-order valence-electron chi connectivity index (χ2n) is 3.91. The lowest BCUT2D eigenvalue weighted by molar-refractivity contribution is 1.29. The first kappa shape index (κ1) is 11.3. The lowest BCUT2D eigenvalue weighted by atomic mass is 10.2. The van der Waals surface area contributed by atoms with Gasteiger partial charge in [-0.15, -0.1) is 0 Å². The molecule has 0 amide bonds. The molecule has 17 heavy (non-hydrogen) atoms. The summed E-state index contributed by atoms with van der Waals surface area (Å²) >= 11 is 0. The summed E-state index contributed by atoms with van der Waals surface area (Å²) in [6.45, 7) is 4.03. The Bertz CT molecular complexity index is 501. The van der Waals surface area contributed by atoms with Crippen molar-refractivity contribution in [2.45, 2.75) is 13.8 Å². The van der Waals surface area contributed by atoms with Crippen LogP contribution in [0.25, 0.3) is 0 Å². The fourth-order valence-corrected chi connectivity index (χ4v) is 1.43. The van der Waals surface area contributed by atoms with Crippen molar-refractivity contribution in [1.82, 2.24) is 4.98 Å². The van der Waals surface area contributed by atoms with Gasteiger partial charge in [0.1, 0.15) is 0 Å². The number of hydrogen-bond donors (Lipinski definition) is 1. The predicted molar refractivity (Wildman–Crippen MR) is 71.2 cm³/mol. The molecule has 2 aromatic rings. The third kappa shape index (κ3) is 3.14. The number of rotatable bonds is 3. The lowest BCUT2D eigenvalue weighted by Crippen LogP contribution is -1.99. The number of aromatic nitrogens is 1. The molecule has 1 aromatic carbocycles. The zero-order valence-electron chi connectivity index (χ0n) is 10.0. The Kier molecular flexibility index (Phi) is 3.50. The van der Waals surface area contributed by atoms with E-state index in [-0.39, 0.29) is 0 Å². The first-order valence-corrected chi connectivity index (χ1v) is 5.53. The number of aryl methyl sites for hydroxylation is 1. The molecule has 3 heteroatoms.